The van der Waals surface area contributed by atoms with Crippen LogP contribution in [-0.2, 0) is 6.54 Å². The maximum Gasteiger partial charge on any atom is 0.254 e. The Balaban J connectivity index is 1.73. The van der Waals surface area contributed by atoms with Crippen LogP contribution < -0.4 is 0 Å². The Kier molecular flexibility index (Phi) is 3.87. The molecule has 0 unspecified atom stereocenters. The Morgan fingerprint density at radius 1 is 0.792 bits per heavy atom. The summed E-state index contributed by atoms with van der Waals surface area (Å²) in [6, 6.07) is 28.7. The van der Waals surface area contributed by atoms with Gasteiger partial charge in [0, 0.05) is 24.6 Å². The smallest absolute Gasteiger partial charge is 0.254 e. The van der Waals surface area contributed by atoms with Crippen molar-refractivity contribution < 1.29 is 4.79 Å². The average molecular weight is 313 g/mol. The molecule has 2 nitrogen and oxygen atoms in total. The number of amides is 1. The summed E-state index contributed by atoms with van der Waals surface area (Å²) >= 11 is 0. The van der Waals surface area contributed by atoms with Gasteiger partial charge in [-0.15, -0.1) is 0 Å². The van der Waals surface area contributed by atoms with Crippen molar-refractivity contribution in [2.24, 2.45) is 0 Å². The molecule has 118 valence electrons. The molecule has 1 amide bonds. The van der Waals surface area contributed by atoms with Crippen LogP contribution >= 0.6 is 0 Å². The number of hydrogen-bond acceptors (Lipinski definition) is 1. The Morgan fingerprint density at radius 2 is 1.42 bits per heavy atom. The number of rotatable bonds is 3. The summed E-state index contributed by atoms with van der Waals surface area (Å²) in [5.41, 5.74) is 4.39. The summed E-state index contributed by atoms with van der Waals surface area (Å²) in [5, 5.41) is 0. The number of benzene rings is 3. The molecule has 24 heavy (non-hydrogen) atoms. The summed E-state index contributed by atoms with van der Waals surface area (Å²) in [6.07, 6.45) is 0. The van der Waals surface area contributed by atoms with Crippen molar-refractivity contribution in [3.05, 3.63) is 107 Å². The van der Waals surface area contributed by atoms with Gasteiger partial charge in [-0.25, -0.2) is 0 Å². The highest BCUT2D eigenvalue weighted by atomic mass is 16.2. The second kappa shape index (κ2) is 6.32. The second-order valence-electron chi connectivity index (χ2n) is 6.22. The predicted molar refractivity (Wildman–Crippen MR) is 95.9 cm³/mol. The third-order valence-electron chi connectivity index (χ3n) is 4.67. The lowest BCUT2D eigenvalue weighted by Gasteiger charge is -2.34. The van der Waals surface area contributed by atoms with Gasteiger partial charge < -0.3 is 4.90 Å². The van der Waals surface area contributed by atoms with Crippen LogP contribution in [0.2, 0.25) is 0 Å². The lowest BCUT2D eigenvalue weighted by atomic mass is 9.84. The number of hydrogen-bond donors (Lipinski definition) is 0. The molecule has 0 saturated carbocycles. The molecule has 1 heterocycles. The molecular weight excluding hydrogens is 294 g/mol. The van der Waals surface area contributed by atoms with E-state index in [2.05, 4.69) is 42.5 Å². The van der Waals surface area contributed by atoms with E-state index < -0.39 is 0 Å². The SMILES string of the molecule is O=C1c2ccccc2[C@H](c2ccccc2)CN1Cc1ccccc1. The van der Waals surface area contributed by atoms with E-state index in [1.165, 1.54) is 5.56 Å². The van der Waals surface area contributed by atoms with Gasteiger partial charge in [0.2, 0.25) is 0 Å². The molecular formula is C22H19NO. The fraction of sp³-hybridized carbons (Fsp3) is 0.136. The lowest BCUT2D eigenvalue weighted by molar-refractivity contribution is 0.0716. The van der Waals surface area contributed by atoms with E-state index in [4.69, 9.17) is 0 Å². The molecule has 2 heteroatoms. The van der Waals surface area contributed by atoms with Gasteiger partial charge in [0.15, 0.2) is 0 Å². The van der Waals surface area contributed by atoms with Crippen molar-refractivity contribution in [2.75, 3.05) is 6.54 Å². The van der Waals surface area contributed by atoms with Gasteiger partial charge in [-0.1, -0.05) is 78.9 Å². The Morgan fingerprint density at radius 3 is 2.17 bits per heavy atom. The molecule has 3 aromatic rings. The first-order valence-corrected chi connectivity index (χ1v) is 8.30. The molecule has 0 saturated heterocycles. The van der Waals surface area contributed by atoms with Crippen molar-refractivity contribution in [3.8, 4) is 0 Å². The van der Waals surface area contributed by atoms with Crippen LogP contribution in [0, 0.1) is 0 Å². The molecule has 0 radical (unpaired) electrons. The molecule has 1 aliphatic heterocycles. The van der Waals surface area contributed by atoms with Gasteiger partial charge in [-0.2, -0.15) is 0 Å². The molecule has 0 aliphatic carbocycles. The van der Waals surface area contributed by atoms with Crippen LogP contribution in [0.25, 0.3) is 0 Å². The summed E-state index contributed by atoms with van der Waals surface area (Å²) in [4.78, 5) is 14.9. The van der Waals surface area contributed by atoms with Gasteiger partial charge in [-0.05, 0) is 22.8 Å². The van der Waals surface area contributed by atoms with Crippen molar-refractivity contribution in [3.63, 3.8) is 0 Å². The third kappa shape index (κ3) is 2.71. The second-order valence-corrected chi connectivity index (χ2v) is 6.22. The molecule has 0 bridgehead atoms. The van der Waals surface area contributed by atoms with Crippen molar-refractivity contribution in [1.82, 2.24) is 4.90 Å². The number of carbonyl (C=O) groups excluding carboxylic acids is 1. The van der Waals surface area contributed by atoms with E-state index in [-0.39, 0.29) is 11.8 Å². The minimum Gasteiger partial charge on any atom is -0.333 e. The molecule has 4 rings (SSSR count). The number of fused-ring (bicyclic) bond motifs is 1. The van der Waals surface area contributed by atoms with Gasteiger partial charge in [0.1, 0.15) is 0 Å². The van der Waals surface area contributed by atoms with E-state index in [1.807, 2.05) is 47.4 Å². The topological polar surface area (TPSA) is 20.3 Å². The molecule has 1 atom stereocenters. The summed E-state index contributed by atoms with van der Waals surface area (Å²) in [7, 11) is 0. The zero-order chi connectivity index (χ0) is 16.4. The fourth-order valence-electron chi connectivity index (χ4n) is 3.48. The zero-order valence-electron chi connectivity index (χ0n) is 13.4. The van der Waals surface area contributed by atoms with E-state index in [1.54, 1.807) is 0 Å². The van der Waals surface area contributed by atoms with E-state index in [9.17, 15) is 4.79 Å². The van der Waals surface area contributed by atoms with E-state index in [0.29, 0.717) is 6.54 Å². The maximum absolute atomic E-state index is 12.9. The highest BCUT2D eigenvalue weighted by molar-refractivity contribution is 5.97. The van der Waals surface area contributed by atoms with Crippen LogP contribution in [0.4, 0.5) is 0 Å². The highest BCUT2D eigenvalue weighted by Gasteiger charge is 2.31. The quantitative estimate of drug-likeness (QED) is 0.698. The maximum atomic E-state index is 12.9. The van der Waals surface area contributed by atoms with Crippen molar-refractivity contribution in [2.45, 2.75) is 12.5 Å². The first-order chi connectivity index (χ1) is 11.8. The van der Waals surface area contributed by atoms with Gasteiger partial charge >= 0.3 is 0 Å². The summed E-state index contributed by atoms with van der Waals surface area (Å²) in [5.74, 6) is 0.352. The molecule has 0 fully saturated rings. The van der Waals surface area contributed by atoms with Crippen LogP contribution in [0.3, 0.4) is 0 Å². The summed E-state index contributed by atoms with van der Waals surface area (Å²) < 4.78 is 0. The largest absolute Gasteiger partial charge is 0.333 e. The Hall–Kier alpha value is -2.87. The molecule has 0 N–H and O–H groups in total. The zero-order valence-corrected chi connectivity index (χ0v) is 13.4. The van der Waals surface area contributed by atoms with Gasteiger partial charge in [0.05, 0.1) is 0 Å². The summed E-state index contributed by atoms with van der Waals surface area (Å²) in [6.45, 7) is 1.37. The first kappa shape index (κ1) is 14.7. The predicted octanol–water partition coefficient (Wildman–Crippen LogP) is 4.47. The molecule has 0 aromatic heterocycles. The average Bonchev–Trinajstić information content (AvgIpc) is 2.66. The van der Waals surface area contributed by atoms with Crippen molar-refractivity contribution in [1.29, 1.82) is 0 Å². The number of carbonyl (C=O) groups is 1. The fourth-order valence-corrected chi connectivity index (χ4v) is 3.48. The first-order valence-electron chi connectivity index (χ1n) is 8.30. The standard InChI is InChI=1S/C22H19NO/c24-22-20-14-8-7-13-19(20)21(18-11-5-2-6-12-18)16-23(22)15-17-9-3-1-4-10-17/h1-14,21H,15-16H2/t21-/m0/s1. The van der Waals surface area contributed by atoms with Crippen LogP contribution in [0.5, 0.6) is 0 Å². The highest BCUT2D eigenvalue weighted by Crippen LogP contribution is 2.33. The molecule has 0 spiro atoms. The van der Waals surface area contributed by atoms with Crippen LogP contribution in [-0.4, -0.2) is 17.4 Å². The van der Waals surface area contributed by atoms with Gasteiger partial charge in [-0.3, -0.25) is 4.79 Å². The van der Waals surface area contributed by atoms with Crippen molar-refractivity contribution >= 4 is 5.91 Å². The number of nitrogens with zero attached hydrogens (tertiary/aromatic N) is 1. The minimum atomic E-state index is 0.127. The monoisotopic (exact) mass is 313 g/mol. The van der Waals surface area contributed by atoms with Crippen LogP contribution in [0.1, 0.15) is 33.0 Å². The molecule has 3 aromatic carbocycles. The van der Waals surface area contributed by atoms with Crippen LogP contribution in [0.15, 0.2) is 84.9 Å². The van der Waals surface area contributed by atoms with E-state index >= 15 is 0 Å². The normalized spacial score (nSPS) is 16.8. The Bertz CT molecular complexity index is 842. The third-order valence-corrected chi connectivity index (χ3v) is 4.67. The Labute approximate surface area is 142 Å². The van der Waals surface area contributed by atoms with E-state index in [0.717, 1.165) is 23.2 Å². The molecule has 1 aliphatic rings. The minimum absolute atomic E-state index is 0.127. The van der Waals surface area contributed by atoms with Gasteiger partial charge in [0.25, 0.3) is 5.91 Å². The lowest BCUT2D eigenvalue weighted by Crippen LogP contribution is -2.39.